The van der Waals surface area contributed by atoms with Crippen molar-refractivity contribution < 1.29 is 17.9 Å². The van der Waals surface area contributed by atoms with Crippen LogP contribution in [0.1, 0.15) is 28.4 Å². The highest BCUT2D eigenvalue weighted by atomic mass is 32.2. The third kappa shape index (κ3) is 3.28. The third-order valence-corrected chi connectivity index (χ3v) is 6.46. The van der Waals surface area contributed by atoms with E-state index >= 15 is 0 Å². The summed E-state index contributed by atoms with van der Waals surface area (Å²) in [6, 6.07) is 1.46. The van der Waals surface area contributed by atoms with Gasteiger partial charge in [-0.1, -0.05) is 0 Å². The molecule has 2 rings (SSSR count). The van der Waals surface area contributed by atoms with Crippen LogP contribution in [0.3, 0.4) is 0 Å². The summed E-state index contributed by atoms with van der Waals surface area (Å²) in [4.78, 5) is 12.9. The second-order valence-corrected chi connectivity index (χ2v) is 8.35. The van der Waals surface area contributed by atoms with Crippen LogP contribution in [0, 0.1) is 6.92 Å². The van der Waals surface area contributed by atoms with E-state index in [9.17, 15) is 13.2 Å². The molecule has 0 radical (unpaired) electrons. The molecule has 1 aromatic rings. The summed E-state index contributed by atoms with van der Waals surface area (Å²) in [5, 5.41) is 2.51. The molecule has 21 heavy (non-hydrogen) atoms. The van der Waals surface area contributed by atoms with Crippen LogP contribution in [0.4, 0.5) is 0 Å². The minimum atomic E-state index is -3.60. The molecule has 1 N–H and O–H groups in total. The zero-order valence-corrected chi connectivity index (χ0v) is 14.2. The number of morpholine rings is 1. The van der Waals surface area contributed by atoms with E-state index in [0.717, 1.165) is 0 Å². The zero-order valence-electron chi connectivity index (χ0n) is 12.5. The molecule has 0 bridgehead atoms. The average molecular weight is 332 g/mol. The Bertz CT molecular complexity index is 629. The Labute approximate surface area is 129 Å². The smallest absolute Gasteiger partial charge is 0.261 e. The van der Waals surface area contributed by atoms with E-state index in [4.69, 9.17) is 4.74 Å². The van der Waals surface area contributed by atoms with E-state index in [1.54, 1.807) is 6.92 Å². The average Bonchev–Trinajstić information content (AvgIpc) is 2.79. The quantitative estimate of drug-likeness (QED) is 0.903. The lowest BCUT2D eigenvalue weighted by atomic mass is 10.3. The molecule has 0 saturated carbocycles. The maximum atomic E-state index is 12.8. The van der Waals surface area contributed by atoms with Crippen LogP contribution < -0.4 is 5.32 Å². The van der Waals surface area contributed by atoms with Gasteiger partial charge in [-0.15, -0.1) is 11.3 Å². The van der Waals surface area contributed by atoms with Gasteiger partial charge in [0.1, 0.15) is 0 Å². The molecule has 0 aliphatic carbocycles. The van der Waals surface area contributed by atoms with Crippen molar-refractivity contribution in [2.45, 2.75) is 37.9 Å². The lowest BCUT2D eigenvalue weighted by molar-refractivity contribution is -0.0440. The number of nitrogens with one attached hydrogen (secondary N) is 1. The van der Waals surface area contributed by atoms with Crippen molar-refractivity contribution in [3.63, 3.8) is 0 Å². The van der Waals surface area contributed by atoms with Crippen LogP contribution in [0.5, 0.6) is 0 Å². The Morgan fingerprint density at radius 2 is 1.95 bits per heavy atom. The lowest BCUT2D eigenvalue weighted by Crippen LogP contribution is -2.48. The molecule has 1 aliphatic heterocycles. The van der Waals surface area contributed by atoms with E-state index in [2.05, 4.69) is 5.32 Å². The molecule has 1 fully saturated rings. The standard InChI is InChI=1S/C13H20N2O4S2/c1-8-6-15(7-9(2)19-8)21(17,18)12-5-11(13(16)14-4)20-10(12)3/h5,8-9H,6-7H2,1-4H3,(H,14,16). The van der Waals surface area contributed by atoms with Crippen LogP contribution in [-0.4, -0.2) is 51.0 Å². The van der Waals surface area contributed by atoms with Crippen molar-refractivity contribution in [1.29, 1.82) is 0 Å². The van der Waals surface area contributed by atoms with Crippen LogP contribution in [0.25, 0.3) is 0 Å². The molecular formula is C13H20N2O4S2. The number of hydrogen-bond acceptors (Lipinski definition) is 5. The normalized spacial score (nSPS) is 24.0. The molecule has 2 unspecified atom stereocenters. The first-order valence-corrected chi connectivity index (χ1v) is 8.99. The molecule has 6 nitrogen and oxygen atoms in total. The molecule has 8 heteroatoms. The van der Waals surface area contributed by atoms with Crippen molar-refractivity contribution in [3.05, 3.63) is 15.8 Å². The van der Waals surface area contributed by atoms with E-state index in [-0.39, 0.29) is 23.0 Å². The second-order valence-electron chi connectivity index (χ2n) is 5.19. The number of nitrogens with zero attached hydrogens (tertiary/aromatic N) is 1. The van der Waals surface area contributed by atoms with Gasteiger partial charge in [0.15, 0.2) is 0 Å². The maximum Gasteiger partial charge on any atom is 0.261 e. The van der Waals surface area contributed by atoms with E-state index in [0.29, 0.717) is 22.8 Å². The lowest BCUT2D eigenvalue weighted by Gasteiger charge is -2.34. The van der Waals surface area contributed by atoms with Gasteiger partial charge in [0.25, 0.3) is 5.91 Å². The van der Waals surface area contributed by atoms with E-state index in [1.807, 2.05) is 13.8 Å². The topological polar surface area (TPSA) is 75.7 Å². The molecule has 1 aliphatic rings. The molecule has 0 aromatic carbocycles. The summed E-state index contributed by atoms with van der Waals surface area (Å²) in [5.41, 5.74) is 0. The number of hydrogen-bond donors (Lipinski definition) is 1. The Morgan fingerprint density at radius 3 is 2.48 bits per heavy atom. The first kappa shape index (κ1) is 16.4. The number of carbonyl (C=O) groups excluding carboxylic acids is 1. The van der Waals surface area contributed by atoms with Crippen molar-refractivity contribution in [1.82, 2.24) is 9.62 Å². The Morgan fingerprint density at radius 1 is 1.38 bits per heavy atom. The highest BCUT2D eigenvalue weighted by Gasteiger charge is 2.34. The van der Waals surface area contributed by atoms with Gasteiger partial charge in [0.05, 0.1) is 22.0 Å². The molecule has 2 heterocycles. The molecule has 2 atom stereocenters. The Kier molecular flexibility index (Phi) is 4.72. The Hall–Kier alpha value is -0.960. The Balaban J connectivity index is 2.35. The number of carbonyl (C=O) groups is 1. The summed E-state index contributed by atoms with van der Waals surface area (Å²) < 4.78 is 32.5. The van der Waals surface area contributed by atoms with Gasteiger partial charge in [-0.05, 0) is 26.8 Å². The summed E-state index contributed by atoms with van der Waals surface area (Å²) in [6.07, 6.45) is -0.276. The van der Waals surface area contributed by atoms with E-state index in [1.165, 1.54) is 28.8 Å². The van der Waals surface area contributed by atoms with Crippen LogP contribution in [0.15, 0.2) is 11.0 Å². The van der Waals surface area contributed by atoms with Crippen molar-refractivity contribution in [3.8, 4) is 0 Å². The van der Waals surface area contributed by atoms with Gasteiger partial charge in [-0.2, -0.15) is 4.31 Å². The predicted molar refractivity (Wildman–Crippen MR) is 81.2 cm³/mol. The number of amides is 1. The first-order valence-electron chi connectivity index (χ1n) is 6.73. The van der Waals surface area contributed by atoms with Crippen molar-refractivity contribution in [2.24, 2.45) is 0 Å². The number of ether oxygens (including phenoxy) is 1. The summed E-state index contributed by atoms with van der Waals surface area (Å²) >= 11 is 1.19. The maximum absolute atomic E-state index is 12.8. The van der Waals surface area contributed by atoms with Gasteiger partial charge in [-0.25, -0.2) is 8.42 Å². The van der Waals surface area contributed by atoms with Crippen molar-refractivity contribution in [2.75, 3.05) is 20.1 Å². The highest BCUT2D eigenvalue weighted by Crippen LogP contribution is 2.29. The molecule has 0 spiro atoms. The van der Waals surface area contributed by atoms with Gasteiger partial charge in [0, 0.05) is 25.0 Å². The minimum absolute atomic E-state index is 0.138. The fourth-order valence-electron chi connectivity index (χ4n) is 2.42. The summed E-state index contributed by atoms with van der Waals surface area (Å²) in [6.45, 7) is 6.09. The SMILES string of the molecule is CNC(=O)c1cc(S(=O)(=O)N2CC(C)OC(C)C2)c(C)s1. The molecule has 1 saturated heterocycles. The number of thiophene rings is 1. The predicted octanol–water partition coefficient (Wildman–Crippen LogP) is 1.21. The fourth-order valence-corrected chi connectivity index (χ4v) is 5.52. The third-order valence-electron chi connectivity index (χ3n) is 3.33. The van der Waals surface area contributed by atoms with Gasteiger partial charge >= 0.3 is 0 Å². The fraction of sp³-hybridized carbons (Fsp3) is 0.615. The number of rotatable bonds is 3. The van der Waals surface area contributed by atoms with Crippen molar-refractivity contribution >= 4 is 27.3 Å². The molecule has 1 amide bonds. The van der Waals surface area contributed by atoms with Crippen LogP contribution in [-0.2, 0) is 14.8 Å². The molecular weight excluding hydrogens is 312 g/mol. The number of aryl methyl sites for hydroxylation is 1. The van der Waals surface area contributed by atoms with E-state index < -0.39 is 10.0 Å². The zero-order chi connectivity index (χ0) is 15.8. The van der Waals surface area contributed by atoms with Gasteiger partial charge < -0.3 is 10.1 Å². The van der Waals surface area contributed by atoms with Gasteiger partial charge in [-0.3, -0.25) is 4.79 Å². The van der Waals surface area contributed by atoms with Gasteiger partial charge in [0.2, 0.25) is 10.0 Å². The second kappa shape index (κ2) is 6.04. The number of sulfonamides is 1. The monoisotopic (exact) mass is 332 g/mol. The first-order chi connectivity index (χ1) is 9.75. The largest absolute Gasteiger partial charge is 0.373 e. The molecule has 1 aromatic heterocycles. The summed E-state index contributed by atoms with van der Waals surface area (Å²) in [5.74, 6) is -0.270. The van der Waals surface area contributed by atoms with Crippen LogP contribution in [0.2, 0.25) is 0 Å². The highest BCUT2D eigenvalue weighted by molar-refractivity contribution is 7.89. The van der Waals surface area contributed by atoms with Crippen LogP contribution >= 0.6 is 11.3 Å². The molecule has 118 valence electrons. The minimum Gasteiger partial charge on any atom is -0.373 e. The summed E-state index contributed by atoms with van der Waals surface area (Å²) in [7, 11) is -2.07.